The molecular formula is C24H33N3OS. The summed E-state index contributed by atoms with van der Waals surface area (Å²) in [6, 6.07) is 9.30. The number of carbonyl (C=O) groups excluding carboxylic acids is 1. The zero-order chi connectivity index (χ0) is 20.2. The first-order chi connectivity index (χ1) is 14.1. The van der Waals surface area contributed by atoms with Crippen molar-refractivity contribution in [2.75, 3.05) is 19.6 Å². The number of aromatic nitrogens is 1. The first-order valence-electron chi connectivity index (χ1n) is 11.2. The molecule has 1 amide bonds. The maximum absolute atomic E-state index is 12.5. The molecule has 0 aliphatic carbocycles. The molecule has 4 rings (SSSR count). The van der Waals surface area contributed by atoms with E-state index in [1.807, 2.05) is 5.38 Å². The lowest BCUT2D eigenvalue weighted by Gasteiger charge is -2.44. The predicted molar refractivity (Wildman–Crippen MR) is 120 cm³/mol. The SMILES string of the molecule is CC(C)c1ccc(-c2nc(CC(=O)NC[C@H]3CCCN4CCCC[C@H]34)cs2)cc1. The van der Waals surface area contributed by atoms with E-state index in [4.69, 9.17) is 4.98 Å². The molecule has 1 N–H and O–H groups in total. The van der Waals surface area contributed by atoms with Gasteiger partial charge in [0, 0.05) is 23.5 Å². The molecule has 29 heavy (non-hydrogen) atoms. The molecule has 2 aliphatic rings. The van der Waals surface area contributed by atoms with Crippen LogP contribution in [-0.4, -0.2) is 41.5 Å². The van der Waals surface area contributed by atoms with Gasteiger partial charge in [-0.2, -0.15) is 0 Å². The van der Waals surface area contributed by atoms with Gasteiger partial charge in [0.1, 0.15) is 5.01 Å². The van der Waals surface area contributed by atoms with E-state index in [0.717, 1.165) is 22.8 Å². The second kappa shape index (κ2) is 9.40. The standard InChI is InChI=1S/C24H33N3OS/c1-17(2)18-8-10-19(11-9-18)24-26-21(16-29-24)14-23(28)25-15-20-6-5-13-27-12-4-3-7-22(20)27/h8-11,16-17,20,22H,3-7,12-15H2,1-2H3,(H,25,28)/t20-,22-/m1/s1. The van der Waals surface area contributed by atoms with Crippen LogP contribution < -0.4 is 5.32 Å². The Morgan fingerprint density at radius 1 is 1.17 bits per heavy atom. The van der Waals surface area contributed by atoms with Crippen LogP contribution >= 0.6 is 11.3 Å². The Morgan fingerprint density at radius 3 is 2.76 bits per heavy atom. The van der Waals surface area contributed by atoms with Crippen molar-refractivity contribution >= 4 is 17.2 Å². The van der Waals surface area contributed by atoms with Crippen LogP contribution in [0, 0.1) is 5.92 Å². The quantitative estimate of drug-likeness (QED) is 0.738. The van der Waals surface area contributed by atoms with Crippen molar-refractivity contribution < 1.29 is 4.79 Å². The molecular weight excluding hydrogens is 378 g/mol. The van der Waals surface area contributed by atoms with E-state index < -0.39 is 0 Å². The summed E-state index contributed by atoms with van der Waals surface area (Å²) in [5.41, 5.74) is 3.34. The maximum atomic E-state index is 12.5. The van der Waals surface area contributed by atoms with Crippen molar-refractivity contribution in [2.24, 2.45) is 5.92 Å². The van der Waals surface area contributed by atoms with Gasteiger partial charge in [0.2, 0.25) is 5.91 Å². The van der Waals surface area contributed by atoms with Crippen LogP contribution in [-0.2, 0) is 11.2 Å². The topological polar surface area (TPSA) is 45.2 Å². The molecule has 2 atom stereocenters. The minimum absolute atomic E-state index is 0.102. The van der Waals surface area contributed by atoms with Gasteiger partial charge in [-0.1, -0.05) is 44.5 Å². The van der Waals surface area contributed by atoms with Gasteiger partial charge in [-0.3, -0.25) is 4.79 Å². The van der Waals surface area contributed by atoms with E-state index in [-0.39, 0.29) is 5.91 Å². The number of hydrogen-bond donors (Lipinski definition) is 1. The molecule has 156 valence electrons. The monoisotopic (exact) mass is 411 g/mol. The summed E-state index contributed by atoms with van der Waals surface area (Å²) in [6.45, 7) is 7.71. The molecule has 1 aromatic carbocycles. The van der Waals surface area contributed by atoms with Crippen molar-refractivity contribution in [3.63, 3.8) is 0 Å². The lowest BCUT2D eigenvalue weighted by molar-refractivity contribution is -0.120. The molecule has 0 radical (unpaired) electrons. The van der Waals surface area contributed by atoms with Crippen molar-refractivity contribution in [3.05, 3.63) is 40.9 Å². The van der Waals surface area contributed by atoms with E-state index >= 15 is 0 Å². The number of carbonyl (C=O) groups is 1. The van der Waals surface area contributed by atoms with Gasteiger partial charge in [0.05, 0.1) is 12.1 Å². The Bertz CT molecular complexity index is 812. The van der Waals surface area contributed by atoms with Gasteiger partial charge in [-0.25, -0.2) is 4.98 Å². The number of thiazole rings is 1. The number of fused-ring (bicyclic) bond motifs is 1. The van der Waals surface area contributed by atoms with E-state index in [2.05, 4.69) is 48.3 Å². The summed E-state index contributed by atoms with van der Waals surface area (Å²) in [6.07, 6.45) is 6.86. The minimum Gasteiger partial charge on any atom is -0.355 e. The van der Waals surface area contributed by atoms with Crippen molar-refractivity contribution in [1.82, 2.24) is 15.2 Å². The smallest absolute Gasteiger partial charge is 0.226 e. The molecule has 4 nitrogen and oxygen atoms in total. The molecule has 0 bridgehead atoms. The molecule has 2 aliphatic heterocycles. The second-order valence-electron chi connectivity index (χ2n) is 8.90. The first kappa shape index (κ1) is 20.5. The molecule has 0 unspecified atom stereocenters. The molecule has 3 heterocycles. The summed E-state index contributed by atoms with van der Waals surface area (Å²) >= 11 is 1.62. The maximum Gasteiger partial charge on any atom is 0.226 e. The number of nitrogens with zero attached hydrogens (tertiary/aromatic N) is 2. The Hall–Kier alpha value is -1.72. The van der Waals surface area contributed by atoms with Gasteiger partial charge in [-0.15, -0.1) is 11.3 Å². The lowest BCUT2D eigenvalue weighted by Crippen LogP contribution is -2.51. The van der Waals surface area contributed by atoms with Gasteiger partial charge in [0.25, 0.3) is 0 Å². The Kier molecular flexibility index (Phi) is 6.66. The summed E-state index contributed by atoms with van der Waals surface area (Å²) < 4.78 is 0. The highest BCUT2D eigenvalue weighted by Gasteiger charge is 2.32. The number of piperidine rings is 2. The fourth-order valence-corrected chi connectivity index (χ4v) is 5.64. The third-order valence-corrected chi connectivity index (χ3v) is 7.45. The highest BCUT2D eigenvalue weighted by molar-refractivity contribution is 7.13. The third kappa shape index (κ3) is 5.07. The van der Waals surface area contributed by atoms with Crippen molar-refractivity contribution in [1.29, 1.82) is 0 Å². The number of nitrogens with one attached hydrogen (secondary N) is 1. The van der Waals surface area contributed by atoms with Crippen molar-refractivity contribution in [3.8, 4) is 10.6 Å². The zero-order valence-electron chi connectivity index (χ0n) is 17.7. The number of rotatable bonds is 6. The van der Waals surface area contributed by atoms with Crippen LogP contribution in [0.15, 0.2) is 29.6 Å². The van der Waals surface area contributed by atoms with Gasteiger partial charge >= 0.3 is 0 Å². The van der Waals surface area contributed by atoms with Crippen LogP contribution in [0.2, 0.25) is 0 Å². The zero-order valence-corrected chi connectivity index (χ0v) is 18.5. The van der Waals surface area contributed by atoms with Crippen LogP contribution in [0.4, 0.5) is 0 Å². The number of amides is 1. The molecule has 2 fully saturated rings. The minimum atomic E-state index is 0.102. The number of hydrogen-bond acceptors (Lipinski definition) is 4. The average molecular weight is 412 g/mol. The number of benzene rings is 1. The molecule has 2 aromatic rings. The van der Waals surface area contributed by atoms with E-state index in [0.29, 0.717) is 24.3 Å². The third-order valence-electron chi connectivity index (χ3n) is 6.51. The Labute approximate surface area is 178 Å². The molecule has 5 heteroatoms. The largest absolute Gasteiger partial charge is 0.355 e. The van der Waals surface area contributed by atoms with Gasteiger partial charge in [0.15, 0.2) is 0 Å². The predicted octanol–water partition coefficient (Wildman–Crippen LogP) is 4.86. The summed E-state index contributed by atoms with van der Waals surface area (Å²) in [7, 11) is 0. The highest BCUT2D eigenvalue weighted by atomic mass is 32.1. The van der Waals surface area contributed by atoms with Crippen LogP contribution in [0.5, 0.6) is 0 Å². The second-order valence-corrected chi connectivity index (χ2v) is 9.76. The Balaban J connectivity index is 1.30. The normalized spacial score (nSPS) is 22.4. The van der Waals surface area contributed by atoms with Gasteiger partial charge < -0.3 is 10.2 Å². The van der Waals surface area contributed by atoms with Crippen molar-refractivity contribution in [2.45, 2.75) is 64.3 Å². The molecule has 0 saturated carbocycles. The fraction of sp³-hybridized carbons (Fsp3) is 0.583. The first-order valence-corrected chi connectivity index (χ1v) is 12.0. The Morgan fingerprint density at radius 2 is 1.97 bits per heavy atom. The summed E-state index contributed by atoms with van der Waals surface area (Å²) in [4.78, 5) is 19.9. The highest BCUT2D eigenvalue weighted by Crippen LogP contribution is 2.30. The van der Waals surface area contributed by atoms with Crippen LogP contribution in [0.1, 0.15) is 63.1 Å². The molecule has 0 spiro atoms. The average Bonchev–Trinajstić information content (AvgIpc) is 3.20. The van der Waals surface area contributed by atoms with Gasteiger partial charge in [-0.05, 0) is 56.2 Å². The van der Waals surface area contributed by atoms with E-state index in [9.17, 15) is 4.79 Å². The van der Waals surface area contributed by atoms with E-state index in [1.165, 1.54) is 50.8 Å². The van der Waals surface area contributed by atoms with Crippen LogP contribution in [0.25, 0.3) is 10.6 Å². The van der Waals surface area contributed by atoms with E-state index in [1.54, 1.807) is 11.3 Å². The fourth-order valence-electron chi connectivity index (χ4n) is 4.82. The summed E-state index contributed by atoms with van der Waals surface area (Å²) in [5, 5.41) is 6.22. The van der Waals surface area contributed by atoms with Crippen LogP contribution in [0.3, 0.4) is 0 Å². The molecule has 1 aromatic heterocycles. The lowest BCUT2D eigenvalue weighted by atomic mass is 9.83. The molecule has 2 saturated heterocycles. The summed E-state index contributed by atoms with van der Waals surface area (Å²) in [5.74, 6) is 1.24.